The van der Waals surface area contributed by atoms with Crippen LogP contribution in [-0.4, -0.2) is 43.7 Å². The van der Waals surface area contributed by atoms with Crippen LogP contribution in [0.1, 0.15) is 36.5 Å². The van der Waals surface area contributed by atoms with E-state index in [9.17, 15) is 4.79 Å². The minimum Gasteiger partial charge on any atom is -0.493 e. The molecule has 1 saturated heterocycles. The lowest BCUT2D eigenvalue weighted by atomic mass is 10.1. The van der Waals surface area contributed by atoms with Crippen molar-refractivity contribution in [2.45, 2.75) is 32.2 Å². The summed E-state index contributed by atoms with van der Waals surface area (Å²) in [6, 6.07) is 5.42. The second kappa shape index (κ2) is 8.86. The Morgan fingerprint density at radius 3 is 2.77 bits per heavy atom. The summed E-state index contributed by atoms with van der Waals surface area (Å²) in [6.07, 6.45) is 2.94. The van der Waals surface area contributed by atoms with Gasteiger partial charge in [0.2, 0.25) is 0 Å². The fourth-order valence-corrected chi connectivity index (χ4v) is 2.40. The molecule has 0 saturated carbocycles. The van der Waals surface area contributed by atoms with Gasteiger partial charge in [0.1, 0.15) is 0 Å². The number of halogens is 1. The molecule has 1 atom stereocenters. The van der Waals surface area contributed by atoms with Crippen molar-refractivity contribution in [2.75, 3.05) is 26.8 Å². The Kier molecular flexibility index (Phi) is 7.48. The van der Waals surface area contributed by atoms with Crippen LogP contribution in [0.5, 0.6) is 11.5 Å². The van der Waals surface area contributed by atoms with Gasteiger partial charge in [-0.1, -0.05) is 13.3 Å². The van der Waals surface area contributed by atoms with Crippen LogP contribution < -0.4 is 15.2 Å². The molecule has 22 heavy (non-hydrogen) atoms. The second-order valence-electron chi connectivity index (χ2n) is 5.37. The van der Waals surface area contributed by atoms with Crippen LogP contribution >= 0.6 is 12.4 Å². The van der Waals surface area contributed by atoms with Crippen LogP contribution in [0.15, 0.2) is 18.2 Å². The molecule has 5 nitrogen and oxygen atoms in total. The molecule has 1 aromatic rings. The molecule has 1 fully saturated rings. The van der Waals surface area contributed by atoms with E-state index < -0.39 is 0 Å². The maximum Gasteiger partial charge on any atom is 0.254 e. The van der Waals surface area contributed by atoms with Crippen LogP contribution in [-0.2, 0) is 0 Å². The number of rotatable bonds is 6. The molecule has 124 valence electrons. The molecule has 6 heteroatoms. The Balaban J connectivity index is 0.00000242. The van der Waals surface area contributed by atoms with E-state index in [1.165, 1.54) is 0 Å². The van der Waals surface area contributed by atoms with Crippen molar-refractivity contribution in [3.63, 3.8) is 0 Å². The molecule has 0 spiro atoms. The molecule has 2 N–H and O–H groups in total. The van der Waals surface area contributed by atoms with Crippen LogP contribution in [0.2, 0.25) is 0 Å². The van der Waals surface area contributed by atoms with E-state index in [0.29, 0.717) is 30.2 Å². The summed E-state index contributed by atoms with van der Waals surface area (Å²) in [4.78, 5) is 14.2. The maximum atomic E-state index is 12.4. The summed E-state index contributed by atoms with van der Waals surface area (Å²) < 4.78 is 11.0. The summed E-state index contributed by atoms with van der Waals surface area (Å²) in [5.74, 6) is 1.28. The van der Waals surface area contributed by atoms with E-state index in [-0.39, 0.29) is 24.4 Å². The number of hydrogen-bond donors (Lipinski definition) is 1. The molecule has 0 radical (unpaired) electrons. The molecule has 0 bridgehead atoms. The van der Waals surface area contributed by atoms with E-state index in [0.717, 1.165) is 25.8 Å². The van der Waals surface area contributed by atoms with Gasteiger partial charge in [0.15, 0.2) is 11.5 Å². The number of hydrogen-bond acceptors (Lipinski definition) is 4. The van der Waals surface area contributed by atoms with Crippen molar-refractivity contribution in [3.05, 3.63) is 23.8 Å². The van der Waals surface area contributed by atoms with Gasteiger partial charge in [-0.3, -0.25) is 4.79 Å². The Morgan fingerprint density at radius 2 is 2.18 bits per heavy atom. The number of benzene rings is 1. The van der Waals surface area contributed by atoms with Crippen LogP contribution in [0.3, 0.4) is 0 Å². The Bertz CT molecular complexity index is 496. The van der Waals surface area contributed by atoms with E-state index in [4.69, 9.17) is 15.2 Å². The average molecular weight is 329 g/mol. The average Bonchev–Trinajstić information content (AvgIpc) is 2.93. The van der Waals surface area contributed by atoms with Crippen molar-refractivity contribution >= 4 is 18.3 Å². The zero-order chi connectivity index (χ0) is 15.2. The molecule has 1 heterocycles. The predicted molar refractivity (Wildman–Crippen MR) is 89.1 cm³/mol. The third-order valence-corrected chi connectivity index (χ3v) is 3.68. The third kappa shape index (κ3) is 4.52. The quantitative estimate of drug-likeness (QED) is 0.815. The largest absolute Gasteiger partial charge is 0.493 e. The van der Waals surface area contributed by atoms with E-state index in [1.807, 2.05) is 0 Å². The number of carbonyl (C=O) groups is 1. The Hall–Kier alpha value is -1.46. The van der Waals surface area contributed by atoms with E-state index in [2.05, 4.69) is 6.92 Å². The molecular weight excluding hydrogens is 304 g/mol. The van der Waals surface area contributed by atoms with Crippen LogP contribution in [0.25, 0.3) is 0 Å². The molecule has 1 amide bonds. The minimum atomic E-state index is 0. The van der Waals surface area contributed by atoms with Gasteiger partial charge >= 0.3 is 0 Å². The molecule has 0 aromatic heterocycles. The topological polar surface area (TPSA) is 64.8 Å². The number of nitrogens with two attached hydrogens (primary N) is 1. The van der Waals surface area contributed by atoms with E-state index >= 15 is 0 Å². The monoisotopic (exact) mass is 328 g/mol. The fourth-order valence-electron chi connectivity index (χ4n) is 2.40. The summed E-state index contributed by atoms with van der Waals surface area (Å²) in [5.41, 5.74) is 6.47. The van der Waals surface area contributed by atoms with Gasteiger partial charge in [-0.25, -0.2) is 0 Å². The van der Waals surface area contributed by atoms with Gasteiger partial charge in [-0.2, -0.15) is 0 Å². The van der Waals surface area contributed by atoms with Gasteiger partial charge in [0, 0.05) is 24.7 Å². The standard InChI is InChI=1S/C16H24N2O3.ClH/c1-3-4-9-21-14-6-5-12(10-15(14)20-2)16(19)18-8-7-13(17)11-18;/h5-6,10,13H,3-4,7-9,11,17H2,1-2H3;1H/t13-;/m1./s1. The van der Waals surface area contributed by atoms with Gasteiger partial charge in [0.05, 0.1) is 13.7 Å². The summed E-state index contributed by atoms with van der Waals surface area (Å²) in [5, 5.41) is 0. The molecule has 0 aliphatic carbocycles. The van der Waals surface area contributed by atoms with Crippen molar-refractivity contribution in [1.82, 2.24) is 4.90 Å². The zero-order valence-corrected chi connectivity index (χ0v) is 14.0. The highest BCUT2D eigenvalue weighted by atomic mass is 35.5. The zero-order valence-electron chi connectivity index (χ0n) is 13.2. The number of ether oxygens (including phenoxy) is 2. The normalized spacial score (nSPS) is 17.0. The number of likely N-dealkylation sites (tertiary alicyclic amines) is 1. The molecule has 0 unspecified atom stereocenters. The first kappa shape index (κ1) is 18.6. The first-order valence-electron chi connectivity index (χ1n) is 7.51. The number of amides is 1. The Labute approximate surface area is 138 Å². The predicted octanol–water partition coefficient (Wildman–Crippen LogP) is 2.47. The van der Waals surface area contributed by atoms with E-state index in [1.54, 1.807) is 30.2 Å². The second-order valence-corrected chi connectivity index (χ2v) is 5.37. The number of methoxy groups -OCH3 is 1. The highest BCUT2D eigenvalue weighted by molar-refractivity contribution is 5.95. The van der Waals surface area contributed by atoms with Crippen molar-refractivity contribution in [3.8, 4) is 11.5 Å². The maximum absolute atomic E-state index is 12.4. The first-order valence-corrected chi connectivity index (χ1v) is 7.51. The molecule has 1 aromatic carbocycles. The highest BCUT2D eigenvalue weighted by Crippen LogP contribution is 2.29. The molecular formula is C16H25ClN2O3. The van der Waals surface area contributed by atoms with Crippen LogP contribution in [0.4, 0.5) is 0 Å². The SMILES string of the molecule is CCCCOc1ccc(C(=O)N2CC[C@@H](N)C2)cc1OC.Cl. The third-order valence-electron chi connectivity index (χ3n) is 3.68. The van der Waals surface area contributed by atoms with Crippen LogP contribution in [0, 0.1) is 0 Å². The summed E-state index contributed by atoms with van der Waals surface area (Å²) >= 11 is 0. The van der Waals surface area contributed by atoms with Gasteiger partial charge in [-0.05, 0) is 31.0 Å². The first-order chi connectivity index (χ1) is 10.2. The van der Waals surface area contributed by atoms with Gasteiger partial charge < -0.3 is 20.1 Å². The lowest BCUT2D eigenvalue weighted by Gasteiger charge is -2.17. The molecule has 1 aliphatic rings. The smallest absolute Gasteiger partial charge is 0.254 e. The van der Waals surface area contributed by atoms with Crippen molar-refractivity contribution < 1.29 is 14.3 Å². The lowest BCUT2D eigenvalue weighted by Crippen LogP contribution is -2.31. The van der Waals surface area contributed by atoms with Crippen molar-refractivity contribution in [2.24, 2.45) is 5.73 Å². The fraction of sp³-hybridized carbons (Fsp3) is 0.562. The van der Waals surface area contributed by atoms with Crippen molar-refractivity contribution in [1.29, 1.82) is 0 Å². The number of carbonyl (C=O) groups excluding carboxylic acids is 1. The highest BCUT2D eigenvalue weighted by Gasteiger charge is 2.25. The minimum absolute atomic E-state index is 0. The van der Waals surface area contributed by atoms with Gasteiger partial charge in [-0.15, -0.1) is 12.4 Å². The molecule has 1 aliphatic heterocycles. The number of unbranched alkanes of at least 4 members (excludes halogenated alkanes) is 1. The lowest BCUT2D eigenvalue weighted by molar-refractivity contribution is 0.0790. The summed E-state index contributed by atoms with van der Waals surface area (Å²) in [6.45, 7) is 4.11. The summed E-state index contributed by atoms with van der Waals surface area (Å²) in [7, 11) is 1.59. The molecule has 2 rings (SSSR count). The Morgan fingerprint density at radius 1 is 1.41 bits per heavy atom. The van der Waals surface area contributed by atoms with Gasteiger partial charge in [0.25, 0.3) is 5.91 Å². The number of nitrogens with zero attached hydrogens (tertiary/aromatic N) is 1.